The molecule has 0 aromatic carbocycles. The second-order valence-corrected chi connectivity index (χ2v) is 4.63. The molecule has 1 amide bonds. The second kappa shape index (κ2) is 5.73. The van der Waals surface area contributed by atoms with E-state index in [1.54, 1.807) is 20.8 Å². The van der Waals surface area contributed by atoms with Gasteiger partial charge in [0.1, 0.15) is 11.9 Å². The van der Waals surface area contributed by atoms with E-state index in [0.717, 1.165) is 6.29 Å². The van der Waals surface area contributed by atoms with Crippen LogP contribution < -0.4 is 5.32 Å². The van der Waals surface area contributed by atoms with Crippen LogP contribution in [0.3, 0.4) is 0 Å². The highest BCUT2D eigenvalue weighted by atomic mass is 16.6. The molecule has 0 aromatic rings. The van der Waals surface area contributed by atoms with Crippen molar-refractivity contribution in [2.24, 2.45) is 5.92 Å². The summed E-state index contributed by atoms with van der Waals surface area (Å²) in [6.45, 7) is 11.0. The standard InChI is InChI=1S/C11H20NO3/c1-8(6-7-13)9(2)12-10(14)15-11(3,4)5/h7-9H,2,6H2,1,3-5H3,(H,12,14)/t8-,9-/m0/s1. The van der Waals surface area contributed by atoms with Gasteiger partial charge in [-0.1, -0.05) is 6.92 Å². The van der Waals surface area contributed by atoms with Gasteiger partial charge in [-0.15, -0.1) is 0 Å². The molecule has 0 saturated heterocycles. The molecular weight excluding hydrogens is 194 g/mol. The Hall–Kier alpha value is -1.06. The van der Waals surface area contributed by atoms with E-state index in [0.29, 0.717) is 6.42 Å². The second-order valence-electron chi connectivity index (χ2n) is 4.63. The number of rotatable bonds is 4. The molecule has 0 aromatic heterocycles. The van der Waals surface area contributed by atoms with Crippen molar-refractivity contribution >= 4 is 12.4 Å². The smallest absolute Gasteiger partial charge is 0.407 e. The summed E-state index contributed by atoms with van der Waals surface area (Å²) in [7, 11) is 0. The summed E-state index contributed by atoms with van der Waals surface area (Å²) in [5.74, 6) is 0.00928. The maximum Gasteiger partial charge on any atom is 0.407 e. The zero-order valence-electron chi connectivity index (χ0n) is 9.87. The van der Waals surface area contributed by atoms with Gasteiger partial charge in [0.05, 0.1) is 0 Å². The molecule has 0 heterocycles. The van der Waals surface area contributed by atoms with Crippen LogP contribution in [0.2, 0.25) is 0 Å². The van der Waals surface area contributed by atoms with E-state index in [4.69, 9.17) is 4.74 Å². The van der Waals surface area contributed by atoms with Crippen LogP contribution in [0, 0.1) is 12.8 Å². The predicted molar refractivity (Wildman–Crippen MR) is 58.4 cm³/mol. The van der Waals surface area contributed by atoms with E-state index in [9.17, 15) is 9.59 Å². The Morgan fingerprint density at radius 2 is 2.07 bits per heavy atom. The highest BCUT2D eigenvalue weighted by Crippen LogP contribution is 2.09. The Morgan fingerprint density at radius 3 is 2.47 bits per heavy atom. The Morgan fingerprint density at radius 1 is 1.53 bits per heavy atom. The molecule has 0 aliphatic heterocycles. The lowest BCUT2D eigenvalue weighted by molar-refractivity contribution is -0.108. The fourth-order valence-corrected chi connectivity index (χ4v) is 0.917. The zero-order chi connectivity index (χ0) is 12.1. The fourth-order valence-electron chi connectivity index (χ4n) is 0.917. The lowest BCUT2D eigenvalue weighted by atomic mass is 10.0. The van der Waals surface area contributed by atoms with E-state index in [-0.39, 0.29) is 12.0 Å². The van der Waals surface area contributed by atoms with Crippen LogP contribution in [0.1, 0.15) is 34.1 Å². The number of aldehydes is 1. The molecule has 0 spiro atoms. The minimum atomic E-state index is -0.516. The molecule has 0 saturated carbocycles. The lowest BCUT2D eigenvalue weighted by Crippen LogP contribution is -2.40. The van der Waals surface area contributed by atoms with Gasteiger partial charge < -0.3 is 14.8 Å². The predicted octanol–water partition coefficient (Wildman–Crippen LogP) is 1.94. The quantitative estimate of drug-likeness (QED) is 0.727. The summed E-state index contributed by atoms with van der Waals surface area (Å²) in [5.41, 5.74) is -0.516. The third kappa shape index (κ3) is 6.94. The van der Waals surface area contributed by atoms with Crippen LogP contribution in [0.15, 0.2) is 0 Å². The average Bonchev–Trinajstić information content (AvgIpc) is 2.00. The van der Waals surface area contributed by atoms with Crippen molar-refractivity contribution in [1.29, 1.82) is 0 Å². The number of ether oxygens (including phenoxy) is 1. The number of carbonyl (C=O) groups is 2. The van der Waals surface area contributed by atoms with Crippen molar-refractivity contribution in [2.45, 2.75) is 45.8 Å². The van der Waals surface area contributed by atoms with Crippen molar-refractivity contribution < 1.29 is 14.3 Å². The lowest BCUT2D eigenvalue weighted by Gasteiger charge is -2.24. The van der Waals surface area contributed by atoms with Gasteiger partial charge >= 0.3 is 6.09 Å². The first-order chi connectivity index (χ1) is 6.76. The van der Waals surface area contributed by atoms with E-state index < -0.39 is 11.7 Å². The maximum absolute atomic E-state index is 11.3. The summed E-state index contributed by atoms with van der Waals surface area (Å²) >= 11 is 0. The largest absolute Gasteiger partial charge is 0.444 e. The first-order valence-corrected chi connectivity index (χ1v) is 5.02. The Kier molecular flexibility index (Phi) is 5.33. The molecule has 87 valence electrons. The molecule has 0 fully saturated rings. The van der Waals surface area contributed by atoms with Crippen LogP contribution in [-0.2, 0) is 9.53 Å². The van der Waals surface area contributed by atoms with Crippen LogP contribution in [0.5, 0.6) is 0 Å². The molecular formula is C11H20NO3. The molecule has 4 heteroatoms. The summed E-state index contributed by atoms with van der Waals surface area (Å²) in [4.78, 5) is 21.6. The van der Waals surface area contributed by atoms with Gasteiger partial charge in [-0.25, -0.2) is 4.79 Å². The molecule has 1 N–H and O–H groups in total. The molecule has 0 aliphatic rings. The first-order valence-electron chi connectivity index (χ1n) is 5.02. The van der Waals surface area contributed by atoms with Crippen molar-refractivity contribution in [1.82, 2.24) is 5.32 Å². The van der Waals surface area contributed by atoms with Gasteiger partial charge in [0.2, 0.25) is 0 Å². The summed E-state index contributed by atoms with van der Waals surface area (Å²) in [6, 6.07) is -0.315. The van der Waals surface area contributed by atoms with E-state index in [2.05, 4.69) is 12.2 Å². The van der Waals surface area contributed by atoms with E-state index in [1.165, 1.54) is 0 Å². The monoisotopic (exact) mass is 214 g/mol. The average molecular weight is 214 g/mol. The number of alkyl carbamates (subject to hydrolysis) is 1. The van der Waals surface area contributed by atoms with Gasteiger partial charge in [-0.3, -0.25) is 0 Å². The van der Waals surface area contributed by atoms with E-state index >= 15 is 0 Å². The summed E-state index contributed by atoms with van der Waals surface area (Å²) in [5, 5.41) is 2.59. The normalized spacial score (nSPS) is 15.3. The minimum absolute atomic E-state index is 0.00928. The van der Waals surface area contributed by atoms with Crippen LogP contribution in [-0.4, -0.2) is 24.0 Å². The topological polar surface area (TPSA) is 55.4 Å². The third-order valence-electron chi connectivity index (χ3n) is 1.86. The highest BCUT2D eigenvalue weighted by molar-refractivity contribution is 5.68. The molecule has 0 rings (SSSR count). The molecule has 4 nitrogen and oxygen atoms in total. The number of nitrogens with one attached hydrogen (secondary N) is 1. The Balaban J connectivity index is 4.01. The number of hydrogen-bond donors (Lipinski definition) is 1. The molecule has 15 heavy (non-hydrogen) atoms. The van der Waals surface area contributed by atoms with Gasteiger partial charge in [0.25, 0.3) is 0 Å². The van der Waals surface area contributed by atoms with Gasteiger partial charge in [0, 0.05) is 12.5 Å². The summed E-state index contributed by atoms with van der Waals surface area (Å²) < 4.78 is 5.06. The third-order valence-corrected chi connectivity index (χ3v) is 1.86. The number of hydrogen-bond acceptors (Lipinski definition) is 3. The van der Waals surface area contributed by atoms with Crippen LogP contribution >= 0.6 is 0 Å². The van der Waals surface area contributed by atoms with Crippen molar-refractivity contribution in [3.8, 4) is 0 Å². The number of amides is 1. The van der Waals surface area contributed by atoms with Crippen LogP contribution in [0.25, 0.3) is 0 Å². The molecule has 0 bridgehead atoms. The summed E-state index contributed by atoms with van der Waals surface area (Å²) in [6.07, 6.45) is 0.698. The van der Waals surface area contributed by atoms with Crippen molar-refractivity contribution in [3.63, 3.8) is 0 Å². The Bertz CT molecular complexity index is 220. The number of carbonyl (C=O) groups excluding carboxylic acids is 2. The minimum Gasteiger partial charge on any atom is -0.444 e. The SMILES string of the molecule is [CH2][C@H](NC(=O)OC(C)(C)C)[C@@H](C)CC=O. The molecule has 2 atom stereocenters. The molecule has 0 unspecified atom stereocenters. The molecule has 1 radical (unpaired) electrons. The van der Waals surface area contributed by atoms with E-state index in [1.807, 2.05) is 6.92 Å². The zero-order valence-corrected chi connectivity index (χ0v) is 9.87. The maximum atomic E-state index is 11.3. The fraction of sp³-hybridized carbons (Fsp3) is 0.727. The first kappa shape index (κ1) is 13.9. The van der Waals surface area contributed by atoms with Crippen LogP contribution in [0.4, 0.5) is 4.79 Å². The van der Waals surface area contributed by atoms with Crippen molar-refractivity contribution in [3.05, 3.63) is 6.92 Å². The molecule has 0 aliphatic carbocycles. The Labute approximate surface area is 91.4 Å². The van der Waals surface area contributed by atoms with Crippen molar-refractivity contribution in [2.75, 3.05) is 0 Å². The highest BCUT2D eigenvalue weighted by Gasteiger charge is 2.19. The van der Waals surface area contributed by atoms with Gasteiger partial charge in [-0.2, -0.15) is 0 Å². The van der Waals surface area contributed by atoms with Gasteiger partial charge in [-0.05, 0) is 33.6 Å². The van der Waals surface area contributed by atoms with Gasteiger partial charge in [0.15, 0.2) is 0 Å².